The van der Waals surface area contributed by atoms with E-state index in [0.29, 0.717) is 43.3 Å². The molecule has 2 atom stereocenters. The Balaban J connectivity index is 1.42. The standard InChI is InChI=1S/C27H30ClFN8O2/c1-17-25(19-13-30-35(2)14-19)34-37(20-7-5-4-6-8-20)26(17)33-27(38)31-22-16-36(9-10-39-3)15-21(22)18-11-23(28)32-24(29)12-18/h4-8,11-14,21-22H,9-10,15-16H2,1-3H3,(H2,31,33,38)/t21-,22+/m0/s1. The molecule has 4 aromatic rings. The predicted molar refractivity (Wildman–Crippen MR) is 147 cm³/mol. The fourth-order valence-corrected chi connectivity index (χ4v) is 5.20. The second-order valence-corrected chi connectivity index (χ2v) is 9.97. The third-order valence-electron chi connectivity index (χ3n) is 6.87. The smallest absolute Gasteiger partial charge is 0.320 e. The maximum atomic E-state index is 14.1. The lowest BCUT2D eigenvalue weighted by Gasteiger charge is -2.21. The molecule has 2 amide bonds. The maximum absolute atomic E-state index is 14.1. The van der Waals surface area contributed by atoms with Crippen LogP contribution < -0.4 is 10.6 Å². The average molecular weight is 553 g/mol. The van der Waals surface area contributed by atoms with Gasteiger partial charge < -0.3 is 10.1 Å². The minimum atomic E-state index is -0.652. The number of benzene rings is 1. The number of pyridine rings is 1. The van der Waals surface area contributed by atoms with Crippen LogP contribution >= 0.6 is 11.6 Å². The maximum Gasteiger partial charge on any atom is 0.320 e. The number of carbonyl (C=O) groups excluding carboxylic acids is 1. The monoisotopic (exact) mass is 552 g/mol. The Morgan fingerprint density at radius 1 is 1.23 bits per heavy atom. The fourth-order valence-electron chi connectivity index (χ4n) is 5.00. The molecule has 5 rings (SSSR count). The average Bonchev–Trinajstić information content (AvgIpc) is 3.60. The van der Waals surface area contributed by atoms with Crippen molar-refractivity contribution in [3.05, 3.63) is 77.1 Å². The number of nitrogens with zero attached hydrogens (tertiary/aromatic N) is 6. The number of halogens is 2. The minimum Gasteiger partial charge on any atom is -0.383 e. The molecule has 0 aliphatic carbocycles. The first-order chi connectivity index (χ1) is 18.8. The first kappa shape index (κ1) is 26.8. The molecule has 0 unspecified atom stereocenters. The van der Waals surface area contributed by atoms with E-state index >= 15 is 0 Å². The summed E-state index contributed by atoms with van der Waals surface area (Å²) in [6.07, 6.45) is 3.62. The first-order valence-electron chi connectivity index (χ1n) is 12.6. The lowest BCUT2D eigenvalue weighted by atomic mass is 9.95. The zero-order valence-electron chi connectivity index (χ0n) is 21.9. The van der Waals surface area contributed by atoms with E-state index in [4.69, 9.17) is 21.4 Å². The zero-order chi connectivity index (χ0) is 27.5. The number of carbonyl (C=O) groups is 1. The number of likely N-dealkylation sites (tertiary alicyclic amines) is 1. The van der Waals surface area contributed by atoms with Crippen LogP contribution in [0, 0.1) is 12.9 Å². The Labute approximate surface area is 230 Å². The Kier molecular flexibility index (Phi) is 7.92. The highest BCUT2D eigenvalue weighted by Crippen LogP contribution is 2.32. The first-order valence-corrected chi connectivity index (χ1v) is 13.0. The highest BCUT2D eigenvalue weighted by molar-refractivity contribution is 6.29. The second-order valence-electron chi connectivity index (χ2n) is 9.58. The summed E-state index contributed by atoms with van der Waals surface area (Å²) < 4.78 is 22.8. The minimum absolute atomic E-state index is 0.0776. The SMILES string of the molecule is COCCN1C[C@@H](NC(=O)Nc2c(C)c(-c3cnn(C)c3)nn2-c2ccccc2)[C@H](c2cc(F)nc(Cl)c2)C1. The number of aromatic nitrogens is 5. The van der Waals surface area contributed by atoms with E-state index in [0.717, 1.165) is 16.8 Å². The largest absolute Gasteiger partial charge is 0.383 e. The van der Waals surface area contributed by atoms with Crippen molar-refractivity contribution >= 4 is 23.4 Å². The second kappa shape index (κ2) is 11.5. The number of para-hydroxylation sites is 1. The van der Waals surface area contributed by atoms with Gasteiger partial charge in [-0.25, -0.2) is 14.5 Å². The van der Waals surface area contributed by atoms with Gasteiger partial charge in [-0.2, -0.15) is 14.6 Å². The van der Waals surface area contributed by atoms with Crippen LogP contribution in [0.1, 0.15) is 17.0 Å². The van der Waals surface area contributed by atoms with E-state index in [9.17, 15) is 9.18 Å². The summed E-state index contributed by atoms with van der Waals surface area (Å²) in [6.45, 7) is 4.32. The fraction of sp³-hybridized carbons (Fsp3) is 0.333. The Morgan fingerprint density at radius 2 is 2.03 bits per heavy atom. The molecule has 1 aliphatic heterocycles. The van der Waals surface area contributed by atoms with E-state index in [2.05, 4.69) is 25.6 Å². The molecule has 39 heavy (non-hydrogen) atoms. The summed E-state index contributed by atoms with van der Waals surface area (Å²) in [5.74, 6) is -0.295. The third kappa shape index (κ3) is 5.95. The van der Waals surface area contributed by atoms with E-state index < -0.39 is 12.0 Å². The Morgan fingerprint density at radius 3 is 2.72 bits per heavy atom. The highest BCUT2D eigenvalue weighted by Gasteiger charge is 2.35. The molecular weight excluding hydrogens is 523 g/mol. The van der Waals surface area contributed by atoms with Crippen molar-refractivity contribution in [3.63, 3.8) is 0 Å². The molecule has 1 saturated heterocycles. The van der Waals surface area contributed by atoms with Crippen molar-refractivity contribution in [1.29, 1.82) is 0 Å². The topological polar surface area (TPSA) is 102 Å². The molecule has 0 radical (unpaired) electrons. The van der Waals surface area contributed by atoms with Gasteiger partial charge in [0, 0.05) is 57.0 Å². The number of amides is 2. The highest BCUT2D eigenvalue weighted by atomic mass is 35.5. The van der Waals surface area contributed by atoms with Crippen LogP contribution in [0.25, 0.3) is 16.9 Å². The van der Waals surface area contributed by atoms with Gasteiger partial charge in [0.1, 0.15) is 16.7 Å². The van der Waals surface area contributed by atoms with Gasteiger partial charge in [-0.15, -0.1) is 0 Å². The molecule has 12 heteroatoms. The van der Waals surface area contributed by atoms with Crippen molar-refractivity contribution in [1.82, 2.24) is 34.8 Å². The number of aryl methyl sites for hydroxylation is 1. The number of anilines is 1. The van der Waals surface area contributed by atoms with Gasteiger partial charge >= 0.3 is 6.03 Å². The molecule has 4 heterocycles. The van der Waals surface area contributed by atoms with Crippen LogP contribution in [-0.2, 0) is 11.8 Å². The van der Waals surface area contributed by atoms with Crippen LogP contribution in [0.2, 0.25) is 5.15 Å². The molecule has 1 aliphatic rings. The molecule has 1 fully saturated rings. The third-order valence-corrected chi connectivity index (χ3v) is 7.06. The summed E-state index contributed by atoms with van der Waals surface area (Å²) in [5.41, 5.74) is 3.84. The van der Waals surface area contributed by atoms with Gasteiger partial charge in [-0.1, -0.05) is 29.8 Å². The van der Waals surface area contributed by atoms with E-state index in [1.165, 1.54) is 6.07 Å². The van der Waals surface area contributed by atoms with Gasteiger partial charge in [-0.05, 0) is 36.8 Å². The molecule has 10 nitrogen and oxygen atoms in total. The van der Waals surface area contributed by atoms with Crippen LogP contribution in [0.15, 0.2) is 54.9 Å². The lowest BCUT2D eigenvalue weighted by molar-refractivity contribution is 0.159. The molecule has 0 bridgehead atoms. The summed E-state index contributed by atoms with van der Waals surface area (Å²) in [4.78, 5) is 19.3. The van der Waals surface area contributed by atoms with Crippen molar-refractivity contribution in [2.75, 3.05) is 38.7 Å². The summed E-state index contributed by atoms with van der Waals surface area (Å²) >= 11 is 6.06. The number of ether oxygens (including phenoxy) is 1. The van der Waals surface area contributed by atoms with Gasteiger partial charge in [0.05, 0.1) is 24.5 Å². The van der Waals surface area contributed by atoms with Crippen LogP contribution in [0.5, 0.6) is 0 Å². The molecule has 2 N–H and O–H groups in total. The predicted octanol–water partition coefficient (Wildman–Crippen LogP) is 4.00. The quantitative estimate of drug-likeness (QED) is 0.320. The molecule has 1 aromatic carbocycles. The number of urea groups is 1. The van der Waals surface area contributed by atoms with E-state index in [1.807, 2.05) is 50.5 Å². The Hall–Kier alpha value is -3.80. The number of rotatable bonds is 8. The van der Waals surface area contributed by atoms with Crippen LogP contribution in [0.3, 0.4) is 0 Å². The van der Waals surface area contributed by atoms with Gasteiger partial charge in [0.15, 0.2) is 0 Å². The van der Waals surface area contributed by atoms with E-state index in [-0.39, 0.29) is 17.1 Å². The molecule has 204 valence electrons. The number of hydrogen-bond acceptors (Lipinski definition) is 6. The lowest BCUT2D eigenvalue weighted by Crippen LogP contribution is -2.42. The normalized spacial score (nSPS) is 17.5. The summed E-state index contributed by atoms with van der Waals surface area (Å²) in [5, 5.41) is 15.3. The molecular formula is C27H30ClFN8O2. The number of hydrogen-bond donors (Lipinski definition) is 2. The zero-order valence-corrected chi connectivity index (χ0v) is 22.7. The van der Waals surface area contributed by atoms with Gasteiger partial charge in [-0.3, -0.25) is 14.9 Å². The number of nitrogens with one attached hydrogen (secondary N) is 2. The van der Waals surface area contributed by atoms with Crippen LogP contribution in [0.4, 0.5) is 15.0 Å². The molecule has 0 spiro atoms. The van der Waals surface area contributed by atoms with Crippen molar-refractivity contribution in [3.8, 4) is 16.9 Å². The summed E-state index contributed by atoms with van der Waals surface area (Å²) in [7, 11) is 3.49. The van der Waals surface area contributed by atoms with Crippen molar-refractivity contribution in [2.45, 2.75) is 18.9 Å². The van der Waals surface area contributed by atoms with Crippen molar-refractivity contribution < 1.29 is 13.9 Å². The van der Waals surface area contributed by atoms with Gasteiger partial charge in [0.2, 0.25) is 5.95 Å². The van der Waals surface area contributed by atoms with Gasteiger partial charge in [0.25, 0.3) is 0 Å². The Bertz CT molecular complexity index is 1440. The number of methoxy groups -OCH3 is 1. The molecule has 0 saturated carbocycles. The summed E-state index contributed by atoms with van der Waals surface area (Å²) in [6, 6.07) is 11.9. The van der Waals surface area contributed by atoms with E-state index in [1.54, 1.807) is 28.7 Å². The van der Waals surface area contributed by atoms with Crippen molar-refractivity contribution in [2.24, 2.45) is 7.05 Å². The molecule has 3 aromatic heterocycles. The van der Waals surface area contributed by atoms with Crippen LogP contribution in [-0.4, -0.2) is 74.9 Å².